The Hall–Kier alpha value is -4.33. The van der Waals surface area contributed by atoms with Crippen molar-refractivity contribution in [3.8, 4) is 22.7 Å². The number of benzene rings is 2. The number of esters is 1. The molecule has 8 heteroatoms. The lowest BCUT2D eigenvalue weighted by Gasteiger charge is -2.11. The minimum Gasteiger partial charge on any atom is -0.449 e. The lowest BCUT2D eigenvalue weighted by atomic mass is 10.1. The van der Waals surface area contributed by atoms with E-state index in [2.05, 4.69) is 20.3 Å². The number of carbonyl (C=O) groups is 1. The number of rotatable bonds is 5. The summed E-state index contributed by atoms with van der Waals surface area (Å²) in [5.74, 6) is 0.00769. The number of hydrogen-bond acceptors (Lipinski definition) is 8. The molecule has 0 fully saturated rings. The lowest BCUT2D eigenvalue weighted by Crippen LogP contribution is -2.11. The monoisotopic (exact) mass is 440 g/mol. The molecule has 33 heavy (non-hydrogen) atoms. The van der Waals surface area contributed by atoms with Crippen LogP contribution in [-0.4, -0.2) is 26.3 Å². The van der Waals surface area contributed by atoms with Crippen LogP contribution < -0.4 is 0 Å². The number of ether oxygens (including phenoxy) is 1. The molecular formula is C25H20N4O4. The van der Waals surface area contributed by atoms with E-state index >= 15 is 0 Å². The molecule has 5 aromatic rings. The minimum atomic E-state index is -0.757. The van der Waals surface area contributed by atoms with Gasteiger partial charge in [0.05, 0.1) is 22.3 Å². The third-order valence-electron chi connectivity index (χ3n) is 5.24. The quantitative estimate of drug-likeness (QED) is 0.331. The van der Waals surface area contributed by atoms with Crippen molar-refractivity contribution in [2.45, 2.75) is 26.9 Å². The second-order valence-corrected chi connectivity index (χ2v) is 7.73. The molecule has 0 aliphatic heterocycles. The van der Waals surface area contributed by atoms with E-state index in [4.69, 9.17) is 13.7 Å². The van der Waals surface area contributed by atoms with Crippen molar-refractivity contribution in [3.63, 3.8) is 0 Å². The summed E-state index contributed by atoms with van der Waals surface area (Å²) in [7, 11) is 0. The number of aromatic nitrogens is 4. The van der Waals surface area contributed by atoms with Gasteiger partial charge in [-0.25, -0.2) is 9.78 Å². The summed E-state index contributed by atoms with van der Waals surface area (Å²) in [4.78, 5) is 17.7. The van der Waals surface area contributed by atoms with Crippen LogP contribution in [0.1, 0.15) is 40.5 Å². The molecule has 3 aromatic heterocycles. The number of pyridine rings is 1. The van der Waals surface area contributed by atoms with Crippen molar-refractivity contribution in [2.75, 3.05) is 0 Å². The van der Waals surface area contributed by atoms with Gasteiger partial charge in [0.25, 0.3) is 11.6 Å². The Morgan fingerprint density at radius 3 is 2.55 bits per heavy atom. The highest BCUT2D eigenvalue weighted by Gasteiger charge is 2.24. The maximum Gasteiger partial charge on any atom is 0.339 e. The lowest BCUT2D eigenvalue weighted by molar-refractivity contribution is 0.0282. The van der Waals surface area contributed by atoms with Gasteiger partial charge in [0.2, 0.25) is 5.89 Å². The Labute approximate surface area is 189 Å². The standard InChI is InChI=1S/C25H20N4O4/c1-14-8-7-11-18(12-14)23-28-27-22(32-23)16(3)31-25(30)19-13-20(17-9-5-4-6-10-17)26-24-21(19)15(2)29-33-24/h4-13,16H,1-3H3. The summed E-state index contributed by atoms with van der Waals surface area (Å²) in [6, 6.07) is 18.9. The van der Waals surface area contributed by atoms with Gasteiger partial charge in [-0.15, -0.1) is 10.2 Å². The van der Waals surface area contributed by atoms with Crippen molar-refractivity contribution >= 4 is 17.1 Å². The van der Waals surface area contributed by atoms with Crippen LogP contribution in [0.25, 0.3) is 33.8 Å². The molecule has 164 valence electrons. The molecule has 0 bridgehead atoms. The van der Waals surface area contributed by atoms with Gasteiger partial charge >= 0.3 is 5.97 Å². The van der Waals surface area contributed by atoms with E-state index in [0.29, 0.717) is 28.2 Å². The van der Waals surface area contributed by atoms with Crippen molar-refractivity contribution < 1.29 is 18.5 Å². The van der Waals surface area contributed by atoms with Crippen LogP contribution in [0.4, 0.5) is 0 Å². The highest BCUT2D eigenvalue weighted by atomic mass is 16.6. The maximum atomic E-state index is 13.2. The number of aryl methyl sites for hydroxylation is 2. The summed E-state index contributed by atoms with van der Waals surface area (Å²) < 4.78 is 16.8. The van der Waals surface area contributed by atoms with Gasteiger partial charge in [0.15, 0.2) is 6.10 Å². The average Bonchev–Trinajstić information content (AvgIpc) is 3.47. The van der Waals surface area contributed by atoms with Crippen LogP contribution in [0.2, 0.25) is 0 Å². The molecule has 3 heterocycles. The van der Waals surface area contributed by atoms with E-state index in [9.17, 15) is 4.79 Å². The Kier molecular flexibility index (Phi) is 5.18. The van der Waals surface area contributed by atoms with E-state index in [1.807, 2.05) is 61.5 Å². The van der Waals surface area contributed by atoms with Gasteiger partial charge in [0.1, 0.15) is 0 Å². The summed E-state index contributed by atoms with van der Waals surface area (Å²) >= 11 is 0. The van der Waals surface area contributed by atoms with E-state index < -0.39 is 12.1 Å². The van der Waals surface area contributed by atoms with E-state index in [1.54, 1.807) is 19.9 Å². The zero-order valence-corrected chi connectivity index (χ0v) is 18.3. The topological polar surface area (TPSA) is 104 Å². The number of fused-ring (bicyclic) bond motifs is 1. The Bertz CT molecular complexity index is 1460. The highest BCUT2D eigenvalue weighted by Crippen LogP contribution is 2.29. The van der Waals surface area contributed by atoms with E-state index in [-0.39, 0.29) is 11.6 Å². The number of nitrogens with zero attached hydrogens (tertiary/aromatic N) is 4. The largest absolute Gasteiger partial charge is 0.449 e. The highest BCUT2D eigenvalue weighted by molar-refractivity contribution is 6.04. The minimum absolute atomic E-state index is 0.204. The van der Waals surface area contributed by atoms with Crippen LogP contribution in [-0.2, 0) is 4.74 Å². The van der Waals surface area contributed by atoms with E-state index in [1.165, 1.54) is 0 Å². The van der Waals surface area contributed by atoms with Gasteiger partial charge in [-0.3, -0.25) is 0 Å². The van der Waals surface area contributed by atoms with Crippen LogP contribution in [0.3, 0.4) is 0 Å². The van der Waals surface area contributed by atoms with Gasteiger partial charge in [0, 0.05) is 11.1 Å². The van der Waals surface area contributed by atoms with Gasteiger partial charge in [-0.2, -0.15) is 0 Å². The normalized spacial score (nSPS) is 12.1. The molecule has 0 aliphatic carbocycles. The molecule has 1 unspecified atom stereocenters. The molecular weight excluding hydrogens is 420 g/mol. The molecule has 0 saturated carbocycles. The molecule has 5 rings (SSSR count). The molecule has 0 saturated heterocycles. The van der Waals surface area contributed by atoms with Crippen molar-refractivity contribution in [2.24, 2.45) is 0 Å². The third-order valence-corrected chi connectivity index (χ3v) is 5.24. The molecule has 2 aromatic carbocycles. The summed E-state index contributed by atoms with van der Waals surface area (Å²) in [6.45, 7) is 5.42. The molecule has 1 atom stereocenters. The van der Waals surface area contributed by atoms with Gasteiger partial charge < -0.3 is 13.7 Å². The van der Waals surface area contributed by atoms with Crippen molar-refractivity contribution in [3.05, 3.63) is 83.4 Å². The van der Waals surface area contributed by atoms with Crippen LogP contribution in [0.15, 0.2) is 69.6 Å². The first-order valence-corrected chi connectivity index (χ1v) is 10.4. The molecule has 0 aliphatic rings. The molecule has 0 amide bonds. The van der Waals surface area contributed by atoms with Gasteiger partial charge in [-0.1, -0.05) is 53.2 Å². The summed E-state index contributed by atoms with van der Waals surface area (Å²) in [6.07, 6.45) is -0.757. The first-order chi connectivity index (χ1) is 16.0. The fourth-order valence-electron chi connectivity index (χ4n) is 3.58. The zero-order valence-electron chi connectivity index (χ0n) is 18.3. The van der Waals surface area contributed by atoms with Crippen LogP contribution >= 0.6 is 0 Å². The first kappa shape index (κ1) is 20.6. The molecule has 0 radical (unpaired) electrons. The van der Waals surface area contributed by atoms with E-state index in [0.717, 1.165) is 16.7 Å². The number of hydrogen-bond donors (Lipinski definition) is 0. The predicted molar refractivity (Wildman–Crippen MR) is 120 cm³/mol. The average molecular weight is 440 g/mol. The van der Waals surface area contributed by atoms with Crippen molar-refractivity contribution in [1.82, 2.24) is 20.3 Å². The fourth-order valence-corrected chi connectivity index (χ4v) is 3.58. The Morgan fingerprint density at radius 2 is 1.76 bits per heavy atom. The SMILES string of the molecule is Cc1cccc(-c2nnc(C(C)OC(=O)c3cc(-c4ccccc4)nc4onc(C)c34)o2)c1. The maximum absolute atomic E-state index is 13.2. The first-order valence-electron chi connectivity index (χ1n) is 10.4. The molecule has 8 nitrogen and oxygen atoms in total. The molecule has 0 spiro atoms. The number of carbonyl (C=O) groups excluding carboxylic acids is 1. The van der Waals surface area contributed by atoms with Crippen LogP contribution in [0, 0.1) is 13.8 Å². The predicted octanol–water partition coefficient (Wildman–Crippen LogP) is 5.47. The smallest absolute Gasteiger partial charge is 0.339 e. The Morgan fingerprint density at radius 1 is 0.970 bits per heavy atom. The summed E-state index contributed by atoms with van der Waals surface area (Å²) in [5.41, 5.74) is 4.43. The summed E-state index contributed by atoms with van der Waals surface area (Å²) in [5, 5.41) is 12.6. The van der Waals surface area contributed by atoms with Crippen LogP contribution in [0.5, 0.6) is 0 Å². The third kappa shape index (κ3) is 3.98. The molecule has 0 N–H and O–H groups in total. The second-order valence-electron chi connectivity index (χ2n) is 7.73. The second kappa shape index (κ2) is 8.31. The Balaban J connectivity index is 1.45. The van der Waals surface area contributed by atoms with Gasteiger partial charge in [-0.05, 0) is 39.0 Å². The fraction of sp³-hybridized carbons (Fsp3) is 0.160. The van der Waals surface area contributed by atoms with Crippen molar-refractivity contribution in [1.29, 1.82) is 0 Å². The zero-order chi connectivity index (χ0) is 22.9.